The van der Waals surface area contributed by atoms with Crippen molar-refractivity contribution in [2.45, 2.75) is 52.9 Å². The number of ether oxygens (including phenoxy) is 1. The Morgan fingerprint density at radius 1 is 1.40 bits per heavy atom. The lowest BCUT2D eigenvalue weighted by molar-refractivity contribution is -0.150. The fourth-order valence-electron chi connectivity index (χ4n) is 2.07. The Kier molecular flexibility index (Phi) is 5.53. The number of aliphatic hydroxyl groups is 1. The second-order valence-electron chi connectivity index (χ2n) is 6.44. The van der Waals surface area contributed by atoms with Crippen LogP contribution in [0.3, 0.4) is 0 Å². The maximum Gasteiger partial charge on any atom is 0.245 e. The van der Waals surface area contributed by atoms with Gasteiger partial charge in [0.1, 0.15) is 6.04 Å². The van der Waals surface area contributed by atoms with E-state index in [1.54, 1.807) is 32.6 Å². The van der Waals surface area contributed by atoms with Crippen LogP contribution in [-0.4, -0.2) is 59.8 Å². The quantitative estimate of drug-likeness (QED) is 0.774. The summed E-state index contributed by atoms with van der Waals surface area (Å²) in [7, 11) is 0. The molecule has 6 nitrogen and oxygen atoms in total. The second kappa shape index (κ2) is 6.54. The molecule has 0 aliphatic carbocycles. The first-order valence-corrected chi connectivity index (χ1v) is 7.01. The highest BCUT2D eigenvalue weighted by Gasteiger charge is 2.32. The van der Waals surface area contributed by atoms with Crippen LogP contribution in [0.2, 0.25) is 0 Å². The molecule has 1 saturated heterocycles. The smallest absolute Gasteiger partial charge is 0.245 e. The van der Waals surface area contributed by atoms with Crippen LogP contribution in [0.25, 0.3) is 0 Å². The summed E-state index contributed by atoms with van der Waals surface area (Å²) >= 11 is 0. The molecular weight excluding hydrogens is 260 g/mol. The first-order chi connectivity index (χ1) is 9.15. The van der Waals surface area contributed by atoms with Gasteiger partial charge in [-0.3, -0.25) is 9.59 Å². The van der Waals surface area contributed by atoms with Gasteiger partial charge in [0.05, 0.1) is 18.8 Å². The van der Waals surface area contributed by atoms with Gasteiger partial charge in [-0.25, -0.2) is 0 Å². The maximum atomic E-state index is 12.3. The summed E-state index contributed by atoms with van der Waals surface area (Å²) in [5, 5.41) is 11.9. The molecule has 6 heteroatoms. The third kappa shape index (κ3) is 4.45. The molecule has 0 spiro atoms. The number of nitrogens with one attached hydrogen (secondary N) is 1. The van der Waals surface area contributed by atoms with Gasteiger partial charge < -0.3 is 20.1 Å². The van der Waals surface area contributed by atoms with E-state index in [0.717, 1.165) is 0 Å². The summed E-state index contributed by atoms with van der Waals surface area (Å²) < 4.78 is 5.50. The number of amides is 2. The van der Waals surface area contributed by atoms with Gasteiger partial charge in [0.25, 0.3) is 0 Å². The summed E-state index contributed by atoms with van der Waals surface area (Å²) in [6, 6.07) is -0.577. The lowest BCUT2D eigenvalue weighted by atomic mass is 9.95. The molecule has 2 amide bonds. The van der Waals surface area contributed by atoms with Gasteiger partial charge in [0.15, 0.2) is 0 Å². The van der Waals surface area contributed by atoms with Gasteiger partial charge in [-0.05, 0) is 13.8 Å². The summed E-state index contributed by atoms with van der Waals surface area (Å²) in [6.07, 6.45) is -0.469. The number of hydrogen-bond acceptors (Lipinski definition) is 4. The van der Waals surface area contributed by atoms with E-state index in [9.17, 15) is 9.59 Å². The minimum atomic E-state index is -0.577. The van der Waals surface area contributed by atoms with Crippen molar-refractivity contribution in [1.82, 2.24) is 10.2 Å². The third-order valence-corrected chi connectivity index (χ3v) is 3.24. The highest BCUT2D eigenvalue weighted by atomic mass is 16.5. The largest absolute Gasteiger partial charge is 0.394 e. The van der Waals surface area contributed by atoms with Crippen LogP contribution in [0.1, 0.15) is 34.6 Å². The average molecular weight is 286 g/mol. The topological polar surface area (TPSA) is 78.9 Å². The molecule has 116 valence electrons. The van der Waals surface area contributed by atoms with Gasteiger partial charge in [-0.2, -0.15) is 0 Å². The third-order valence-electron chi connectivity index (χ3n) is 3.24. The fraction of sp³-hybridized carbons (Fsp3) is 0.857. The summed E-state index contributed by atoms with van der Waals surface area (Å²) in [5.41, 5.74) is -0.527. The van der Waals surface area contributed by atoms with Gasteiger partial charge in [-0.15, -0.1) is 0 Å². The predicted molar refractivity (Wildman–Crippen MR) is 75.1 cm³/mol. The van der Waals surface area contributed by atoms with Crippen LogP contribution in [0, 0.1) is 5.41 Å². The van der Waals surface area contributed by atoms with Gasteiger partial charge in [0, 0.05) is 18.5 Å². The number of aliphatic hydroxyl groups excluding tert-OH is 1. The van der Waals surface area contributed by atoms with Crippen molar-refractivity contribution in [1.29, 1.82) is 0 Å². The first kappa shape index (κ1) is 16.9. The van der Waals surface area contributed by atoms with Crippen molar-refractivity contribution in [3.63, 3.8) is 0 Å². The number of hydrogen-bond donors (Lipinski definition) is 2. The number of nitrogens with zero attached hydrogens (tertiary/aromatic N) is 1. The molecule has 1 aliphatic heterocycles. The monoisotopic (exact) mass is 286 g/mol. The van der Waals surface area contributed by atoms with E-state index in [0.29, 0.717) is 13.1 Å². The van der Waals surface area contributed by atoms with Crippen LogP contribution < -0.4 is 5.32 Å². The van der Waals surface area contributed by atoms with E-state index in [1.165, 1.54) is 0 Å². The summed E-state index contributed by atoms with van der Waals surface area (Å²) in [5.74, 6) is -0.297. The van der Waals surface area contributed by atoms with E-state index in [1.807, 2.05) is 6.92 Å². The van der Waals surface area contributed by atoms with Crippen molar-refractivity contribution in [2.75, 3.05) is 19.7 Å². The van der Waals surface area contributed by atoms with E-state index >= 15 is 0 Å². The van der Waals surface area contributed by atoms with Crippen molar-refractivity contribution >= 4 is 11.8 Å². The molecule has 2 N–H and O–H groups in total. The van der Waals surface area contributed by atoms with Gasteiger partial charge in [-0.1, -0.05) is 20.8 Å². The van der Waals surface area contributed by atoms with E-state index in [4.69, 9.17) is 9.84 Å². The predicted octanol–water partition coefficient (Wildman–Crippen LogP) is 0.145. The number of carbonyl (C=O) groups excluding carboxylic acids is 2. The Balaban J connectivity index is 2.62. The normalized spacial score (nSPS) is 25.2. The minimum Gasteiger partial charge on any atom is -0.394 e. The molecule has 1 rings (SSSR count). The van der Waals surface area contributed by atoms with E-state index < -0.39 is 11.5 Å². The van der Waals surface area contributed by atoms with Crippen LogP contribution in [0.5, 0.6) is 0 Å². The Morgan fingerprint density at radius 2 is 2.00 bits per heavy atom. The number of carbonyl (C=O) groups is 2. The molecule has 1 aliphatic rings. The van der Waals surface area contributed by atoms with Crippen LogP contribution in [0.15, 0.2) is 0 Å². The van der Waals surface area contributed by atoms with Crippen LogP contribution >= 0.6 is 0 Å². The van der Waals surface area contributed by atoms with E-state index in [-0.39, 0.29) is 30.6 Å². The zero-order chi connectivity index (χ0) is 15.5. The zero-order valence-corrected chi connectivity index (χ0v) is 13.0. The lowest BCUT2D eigenvalue weighted by Crippen LogP contribution is -2.56. The number of rotatable bonds is 3. The lowest BCUT2D eigenvalue weighted by Gasteiger charge is -2.37. The molecule has 1 heterocycles. The Labute approximate surface area is 120 Å². The zero-order valence-electron chi connectivity index (χ0n) is 13.0. The summed E-state index contributed by atoms with van der Waals surface area (Å²) in [4.78, 5) is 25.9. The molecule has 3 unspecified atom stereocenters. The van der Waals surface area contributed by atoms with E-state index in [2.05, 4.69) is 5.32 Å². The highest BCUT2D eigenvalue weighted by molar-refractivity contribution is 5.89. The average Bonchev–Trinajstić information content (AvgIpc) is 2.35. The Hall–Kier alpha value is -1.14. The molecule has 1 fully saturated rings. The molecule has 0 aromatic rings. The SMILES string of the molecule is CC1CN(C(=O)C(C)NC(=O)C(C)(C)C)CC(CO)O1. The Bertz CT molecular complexity index is 365. The van der Waals surface area contributed by atoms with Crippen LogP contribution in [0.4, 0.5) is 0 Å². The fourth-order valence-corrected chi connectivity index (χ4v) is 2.07. The van der Waals surface area contributed by atoms with Gasteiger partial charge >= 0.3 is 0 Å². The molecule has 0 saturated carbocycles. The molecule has 3 atom stereocenters. The molecule has 0 radical (unpaired) electrons. The van der Waals surface area contributed by atoms with Gasteiger partial charge in [0.2, 0.25) is 11.8 Å². The molecular formula is C14H26N2O4. The summed E-state index contributed by atoms with van der Waals surface area (Å²) in [6.45, 7) is 9.67. The first-order valence-electron chi connectivity index (χ1n) is 7.01. The molecule has 0 bridgehead atoms. The van der Waals surface area contributed by atoms with Crippen molar-refractivity contribution in [2.24, 2.45) is 5.41 Å². The van der Waals surface area contributed by atoms with Crippen molar-refractivity contribution in [3.05, 3.63) is 0 Å². The van der Waals surface area contributed by atoms with Crippen molar-refractivity contribution in [3.8, 4) is 0 Å². The molecule has 0 aromatic heterocycles. The Morgan fingerprint density at radius 3 is 2.50 bits per heavy atom. The highest BCUT2D eigenvalue weighted by Crippen LogP contribution is 2.15. The van der Waals surface area contributed by atoms with Crippen molar-refractivity contribution < 1.29 is 19.4 Å². The molecule has 0 aromatic carbocycles. The number of morpholine rings is 1. The minimum absolute atomic E-state index is 0.114. The second-order valence-corrected chi connectivity index (χ2v) is 6.44. The van der Waals surface area contributed by atoms with Crippen LogP contribution in [-0.2, 0) is 14.3 Å². The standard InChI is InChI=1S/C14H26N2O4/c1-9-6-16(7-11(8-17)20-9)12(18)10(2)15-13(19)14(3,4)5/h9-11,17H,6-8H2,1-5H3,(H,15,19). The molecule has 20 heavy (non-hydrogen) atoms. The maximum absolute atomic E-state index is 12.3.